The summed E-state index contributed by atoms with van der Waals surface area (Å²) in [6.45, 7) is 7.52. The molecule has 0 bridgehead atoms. The van der Waals surface area contributed by atoms with Gasteiger partial charge in [0.05, 0.1) is 12.2 Å². The van der Waals surface area contributed by atoms with Crippen molar-refractivity contribution in [2.75, 3.05) is 0 Å². The van der Waals surface area contributed by atoms with Gasteiger partial charge in [-0.25, -0.2) is 0 Å². The van der Waals surface area contributed by atoms with Crippen LogP contribution in [0.3, 0.4) is 0 Å². The molecule has 0 saturated heterocycles. The van der Waals surface area contributed by atoms with Crippen molar-refractivity contribution in [1.82, 2.24) is 0 Å². The summed E-state index contributed by atoms with van der Waals surface area (Å²) in [5.41, 5.74) is 1.61. The van der Waals surface area contributed by atoms with Crippen molar-refractivity contribution in [2.45, 2.75) is 62.5 Å². The minimum atomic E-state index is -0.612. The number of hydrogen-bond acceptors (Lipinski definition) is 3. The second-order valence-corrected chi connectivity index (χ2v) is 10.2. The molecule has 27 heavy (non-hydrogen) atoms. The normalized spacial score (nSPS) is 14.7. The van der Waals surface area contributed by atoms with Crippen molar-refractivity contribution in [3.8, 4) is 11.5 Å². The topological polar surface area (TPSA) is 49.7 Å². The van der Waals surface area contributed by atoms with Crippen LogP contribution in [0, 0.1) is 0 Å². The van der Waals surface area contributed by atoms with Gasteiger partial charge in [-0.2, -0.15) is 0 Å². The van der Waals surface area contributed by atoms with Gasteiger partial charge in [0, 0.05) is 9.75 Å². The predicted molar refractivity (Wildman–Crippen MR) is 112 cm³/mol. The number of aliphatic hydroxyl groups excluding tert-OH is 2. The lowest BCUT2D eigenvalue weighted by Crippen LogP contribution is -2.15. The Kier molecular flexibility index (Phi) is 7.20. The Morgan fingerprint density at radius 2 is 1.00 bits per heavy atom. The number of halogens is 2. The summed E-state index contributed by atoms with van der Waals surface area (Å²) < 4.78 is 5.83. The fourth-order valence-corrected chi connectivity index (χ4v) is 3.10. The third kappa shape index (κ3) is 7.71. The second kappa shape index (κ2) is 8.83. The lowest BCUT2D eigenvalue weighted by molar-refractivity contribution is 0.155. The predicted octanol–water partition coefficient (Wildman–Crippen LogP) is 6.36. The Morgan fingerprint density at radius 3 is 1.26 bits per heavy atom. The number of aliphatic hydroxyl groups is 2. The Balaban J connectivity index is 1.99. The van der Waals surface area contributed by atoms with Gasteiger partial charge in [-0.3, -0.25) is 0 Å². The zero-order valence-corrected chi connectivity index (χ0v) is 17.8. The molecule has 2 aromatic rings. The summed E-state index contributed by atoms with van der Waals surface area (Å²) in [7, 11) is 0. The van der Waals surface area contributed by atoms with Gasteiger partial charge in [0.15, 0.2) is 0 Å². The van der Waals surface area contributed by atoms with Gasteiger partial charge < -0.3 is 14.9 Å². The van der Waals surface area contributed by atoms with Crippen LogP contribution >= 0.6 is 23.2 Å². The van der Waals surface area contributed by atoms with E-state index in [1.807, 2.05) is 76.2 Å². The van der Waals surface area contributed by atoms with E-state index in [-0.39, 0.29) is 0 Å². The van der Waals surface area contributed by atoms with Crippen LogP contribution < -0.4 is 4.74 Å². The molecular weight excluding hydrogens is 383 g/mol. The van der Waals surface area contributed by atoms with Crippen LogP contribution in [-0.2, 0) is 0 Å². The number of ether oxygens (including phenoxy) is 1. The van der Waals surface area contributed by atoms with Crippen molar-refractivity contribution in [3.63, 3.8) is 0 Å². The van der Waals surface area contributed by atoms with E-state index in [0.29, 0.717) is 24.3 Å². The molecule has 0 aromatic heterocycles. The summed E-state index contributed by atoms with van der Waals surface area (Å²) in [5.74, 6) is 1.34. The number of alkyl halides is 2. The summed E-state index contributed by atoms with van der Waals surface area (Å²) in [5, 5.41) is 20.5. The van der Waals surface area contributed by atoms with Gasteiger partial charge in [0.2, 0.25) is 0 Å². The van der Waals surface area contributed by atoms with Crippen molar-refractivity contribution >= 4 is 23.2 Å². The van der Waals surface area contributed by atoms with E-state index in [0.717, 1.165) is 11.1 Å². The van der Waals surface area contributed by atoms with Crippen LogP contribution in [-0.4, -0.2) is 20.0 Å². The molecule has 0 spiro atoms. The van der Waals surface area contributed by atoms with E-state index in [4.69, 9.17) is 27.9 Å². The first-order valence-electron chi connectivity index (χ1n) is 9.05. The quantitative estimate of drug-likeness (QED) is 0.497. The zero-order chi connectivity index (χ0) is 20.2. The molecule has 0 aliphatic carbocycles. The van der Waals surface area contributed by atoms with E-state index in [9.17, 15) is 10.2 Å². The number of rotatable bonds is 8. The fraction of sp³-hybridized carbons (Fsp3) is 0.455. The summed E-state index contributed by atoms with van der Waals surface area (Å²) in [4.78, 5) is -0.918. The SMILES string of the molecule is CC(C)(Cl)CC(O)c1ccc(Oc2ccc(C(O)CC(C)(C)Cl)cc2)cc1. The highest BCUT2D eigenvalue weighted by molar-refractivity contribution is 6.23. The first kappa shape index (κ1) is 22.0. The van der Waals surface area contributed by atoms with Crippen LogP contribution in [0.15, 0.2) is 48.5 Å². The molecule has 2 rings (SSSR count). The largest absolute Gasteiger partial charge is 0.457 e. The van der Waals surface area contributed by atoms with Gasteiger partial charge in [0.25, 0.3) is 0 Å². The minimum Gasteiger partial charge on any atom is -0.457 e. The van der Waals surface area contributed by atoms with E-state index in [2.05, 4.69) is 0 Å². The van der Waals surface area contributed by atoms with Crippen LogP contribution in [0.4, 0.5) is 0 Å². The first-order valence-corrected chi connectivity index (χ1v) is 9.80. The van der Waals surface area contributed by atoms with E-state index in [1.54, 1.807) is 0 Å². The molecule has 0 amide bonds. The third-order valence-corrected chi connectivity index (χ3v) is 4.43. The van der Waals surface area contributed by atoms with Crippen molar-refractivity contribution in [2.24, 2.45) is 0 Å². The maximum absolute atomic E-state index is 10.2. The number of benzene rings is 2. The molecule has 0 saturated carbocycles. The summed E-state index contributed by atoms with van der Waals surface area (Å²) in [6.07, 6.45) is -0.285. The van der Waals surface area contributed by atoms with Gasteiger partial charge >= 0.3 is 0 Å². The molecule has 2 N–H and O–H groups in total. The highest BCUT2D eigenvalue weighted by Crippen LogP contribution is 2.31. The molecule has 0 aliphatic heterocycles. The lowest BCUT2D eigenvalue weighted by atomic mass is 9.99. The van der Waals surface area contributed by atoms with Gasteiger partial charge in [-0.05, 0) is 75.9 Å². The van der Waals surface area contributed by atoms with E-state index < -0.39 is 22.0 Å². The van der Waals surface area contributed by atoms with Gasteiger partial charge in [-0.15, -0.1) is 23.2 Å². The van der Waals surface area contributed by atoms with Crippen LogP contribution in [0.25, 0.3) is 0 Å². The van der Waals surface area contributed by atoms with Crippen LogP contribution in [0.1, 0.15) is 63.9 Å². The molecule has 2 unspecified atom stereocenters. The molecule has 0 fully saturated rings. The Hall–Kier alpha value is -1.26. The number of hydrogen-bond donors (Lipinski definition) is 2. The second-order valence-electron chi connectivity index (χ2n) is 8.12. The van der Waals surface area contributed by atoms with Crippen molar-refractivity contribution in [3.05, 3.63) is 59.7 Å². The molecule has 0 heterocycles. The maximum Gasteiger partial charge on any atom is 0.127 e. The van der Waals surface area contributed by atoms with Crippen molar-refractivity contribution < 1.29 is 14.9 Å². The average molecular weight is 411 g/mol. The molecule has 2 atom stereocenters. The molecule has 0 radical (unpaired) electrons. The molecule has 148 valence electrons. The third-order valence-electron chi connectivity index (χ3n) is 4.12. The lowest BCUT2D eigenvalue weighted by Gasteiger charge is -2.21. The molecule has 5 heteroatoms. The standard InChI is InChI=1S/C22H28Cl2O3/c1-21(2,23)13-19(25)15-5-9-17(10-6-15)27-18-11-7-16(8-12-18)20(26)14-22(3,4)24/h5-12,19-20,25-26H,13-14H2,1-4H3. The Bertz CT molecular complexity index is 650. The molecule has 0 aliphatic rings. The highest BCUT2D eigenvalue weighted by atomic mass is 35.5. The fourth-order valence-electron chi connectivity index (χ4n) is 2.81. The first-order chi connectivity index (χ1) is 12.4. The summed E-state index contributed by atoms with van der Waals surface area (Å²) in [6, 6.07) is 14.6. The molecule has 2 aromatic carbocycles. The van der Waals surface area contributed by atoms with Crippen molar-refractivity contribution in [1.29, 1.82) is 0 Å². The van der Waals surface area contributed by atoms with Crippen LogP contribution in [0.2, 0.25) is 0 Å². The van der Waals surface area contributed by atoms with Crippen LogP contribution in [0.5, 0.6) is 11.5 Å². The molecular formula is C22H28Cl2O3. The minimum absolute atomic E-state index is 0.459. The van der Waals surface area contributed by atoms with E-state index >= 15 is 0 Å². The highest BCUT2D eigenvalue weighted by Gasteiger charge is 2.21. The zero-order valence-electron chi connectivity index (χ0n) is 16.2. The maximum atomic E-state index is 10.2. The van der Waals surface area contributed by atoms with Gasteiger partial charge in [0.1, 0.15) is 11.5 Å². The Morgan fingerprint density at radius 1 is 0.704 bits per heavy atom. The monoisotopic (exact) mass is 410 g/mol. The smallest absolute Gasteiger partial charge is 0.127 e. The van der Waals surface area contributed by atoms with E-state index in [1.165, 1.54) is 0 Å². The average Bonchev–Trinajstić information content (AvgIpc) is 2.53. The summed E-state index contributed by atoms with van der Waals surface area (Å²) >= 11 is 12.4. The van der Waals surface area contributed by atoms with Gasteiger partial charge in [-0.1, -0.05) is 24.3 Å². The Labute approximate surface area is 171 Å². The molecule has 3 nitrogen and oxygen atoms in total.